The maximum absolute atomic E-state index is 11.7. The van der Waals surface area contributed by atoms with E-state index in [1.165, 1.54) is 16.7 Å². The molecule has 0 atom stereocenters. The Morgan fingerprint density at radius 2 is 2.26 bits per heavy atom. The van der Waals surface area contributed by atoms with Gasteiger partial charge in [-0.15, -0.1) is 0 Å². The van der Waals surface area contributed by atoms with Crippen molar-refractivity contribution in [1.29, 1.82) is 0 Å². The molecule has 1 saturated heterocycles. The Kier molecular flexibility index (Phi) is 4.79. The van der Waals surface area contributed by atoms with Crippen LogP contribution in [0.25, 0.3) is 0 Å². The number of nitrogens with zero attached hydrogens (tertiary/aromatic N) is 2. The Hall–Kier alpha value is -1.56. The molecule has 1 aromatic rings. The van der Waals surface area contributed by atoms with Crippen LogP contribution in [0.4, 0.5) is 10.6 Å². The Morgan fingerprint density at radius 1 is 1.42 bits per heavy atom. The molecule has 2 rings (SSSR count). The van der Waals surface area contributed by atoms with Crippen molar-refractivity contribution < 1.29 is 9.59 Å². The number of anilines is 1. The molecule has 19 heavy (non-hydrogen) atoms. The standard InChI is InChI=1S/C13H17N3O2S/c1-2-7-14-11-5-3-4-10(15-11)9-16-12(17)6-8-19-13(16)18/h3-5H,2,6-9H2,1H3,(H,14,15). The summed E-state index contributed by atoms with van der Waals surface area (Å²) in [4.78, 5) is 29.1. The molecule has 0 radical (unpaired) electrons. The minimum atomic E-state index is -0.176. The summed E-state index contributed by atoms with van der Waals surface area (Å²) in [7, 11) is 0. The first-order chi connectivity index (χ1) is 9.20. The molecule has 1 fully saturated rings. The molecule has 6 heteroatoms. The van der Waals surface area contributed by atoms with Gasteiger partial charge in [-0.05, 0) is 18.6 Å². The fourth-order valence-corrected chi connectivity index (χ4v) is 2.55. The van der Waals surface area contributed by atoms with E-state index in [1.807, 2.05) is 18.2 Å². The van der Waals surface area contributed by atoms with Crippen LogP contribution in [0, 0.1) is 0 Å². The zero-order valence-corrected chi connectivity index (χ0v) is 11.7. The third-order valence-electron chi connectivity index (χ3n) is 2.75. The van der Waals surface area contributed by atoms with E-state index in [0.717, 1.165) is 24.5 Å². The minimum absolute atomic E-state index is 0.113. The Bertz CT molecular complexity index is 463. The van der Waals surface area contributed by atoms with Crippen molar-refractivity contribution in [2.45, 2.75) is 26.3 Å². The Morgan fingerprint density at radius 3 is 3.00 bits per heavy atom. The average molecular weight is 279 g/mol. The zero-order chi connectivity index (χ0) is 13.7. The fourth-order valence-electron chi connectivity index (χ4n) is 1.77. The lowest BCUT2D eigenvalue weighted by atomic mass is 10.3. The molecule has 0 aromatic carbocycles. The fraction of sp³-hybridized carbons (Fsp3) is 0.462. The molecule has 5 nitrogen and oxygen atoms in total. The number of carbonyl (C=O) groups excluding carboxylic acids is 2. The topological polar surface area (TPSA) is 62.3 Å². The van der Waals surface area contributed by atoms with Gasteiger partial charge in [0.1, 0.15) is 5.82 Å². The molecule has 102 valence electrons. The Balaban J connectivity index is 2.05. The number of amides is 2. The van der Waals surface area contributed by atoms with Gasteiger partial charge in [0, 0.05) is 18.7 Å². The van der Waals surface area contributed by atoms with E-state index in [0.29, 0.717) is 12.2 Å². The lowest BCUT2D eigenvalue weighted by molar-refractivity contribution is -0.128. The van der Waals surface area contributed by atoms with Crippen LogP contribution in [0.2, 0.25) is 0 Å². The molecule has 0 saturated carbocycles. The van der Waals surface area contributed by atoms with Gasteiger partial charge in [0.2, 0.25) is 5.91 Å². The van der Waals surface area contributed by atoms with Gasteiger partial charge in [-0.1, -0.05) is 24.8 Å². The van der Waals surface area contributed by atoms with Crippen LogP contribution in [0.3, 0.4) is 0 Å². The van der Waals surface area contributed by atoms with Crippen molar-refractivity contribution in [2.24, 2.45) is 0 Å². The second-order valence-electron chi connectivity index (χ2n) is 4.29. The van der Waals surface area contributed by atoms with Gasteiger partial charge in [-0.3, -0.25) is 14.5 Å². The first kappa shape index (κ1) is 13.9. The third kappa shape index (κ3) is 3.70. The van der Waals surface area contributed by atoms with Crippen molar-refractivity contribution in [3.63, 3.8) is 0 Å². The first-order valence-corrected chi connectivity index (χ1v) is 7.36. The molecular formula is C13H17N3O2S. The van der Waals surface area contributed by atoms with Crippen LogP contribution >= 0.6 is 11.8 Å². The predicted molar refractivity (Wildman–Crippen MR) is 76.0 cm³/mol. The van der Waals surface area contributed by atoms with Gasteiger partial charge < -0.3 is 5.32 Å². The second kappa shape index (κ2) is 6.56. The van der Waals surface area contributed by atoms with E-state index >= 15 is 0 Å². The highest BCUT2D eigenvalue weighted by molar-refractivity contribution is 8.13. The van der Waals surface area contributed by atoms with Crippen molar-refractivity contribution >= 4 is 28.7 Å². The summed E-state index contributed by atoms with van der Waals surface area (Å²) >= 11 is 1.19. The number of nitrogens with one attached hydrogen (secondary N) is 1. The highest BCUT2D eigenvalue weighted by atomic mass is 32.2. The van der Waals surface area contributed by atoms with Gasteiger partial charge in [0.15, 0.2) is 0 Å². The average Bonchev–Trinajstić information content (AvgIpc) is 2.41. The lowest BCUT2D eigenvalue weighted by Crippen LogP contribution is -2.37. The minimum Gasteiger partial charge on any atom is -0.370 e. The summed E-state index contributed by atoms with van der Waals surface area (Å²) in [6.07, 6.45) is 1.44. The van der Waals surface area contributed by atoms with Gasteiger partial charge >= 0.3 is 0 Å². The number of carbonyl (C=O) groups is 2. The molecule has 1 aromatic heterocycles. The summed E-state index contributed by atoms with van der Waals surface area (Å²) < 4.78 is 0. The molecule has 0 spiro atoms. The van der Waals surface area contributed by atoms with Crippen LogP contribution < -0.4 is 5.32 Å². The molecule has 0 unspecified atom stereocenters. The summed E-state index contributed by atoms with van der Waals surface area (Å²) in [6.45, 7) is 3.19. The molecule has 1 aliphatic heterocycles. The van der Waals surface area contributed by atoms with E-state index in [1.54, 1.807) is 0 Å². The number of rotatable bonds is 5. The van der Waals surface area contributed by atoms with Crippen molar-refractivity contribution in [2.75, 3.05) is 17.6 Å². The number of aromatic nitrogens is 1. The van der Waals surface area contributed by atoms with Crippen molar-refractivity contribution in [3.05, 3.63) is 23.9 Å². The van der Waals surface area contributed by atoms with Gasteiger partial charge in [-0.2, -0.15) is 0 Å². The summed E-state index contributed by atoms with van der Waals surface area (Å²) in [5, 5.41) is 3.01. The lowest BCUT2D eigenvalue weighted by Gasteiger charge is -2.23. The van der Waals surface area contributed by atoms with Crippen molar-refractivity contribution in [3.8, 4) is 0 Å². The number of hydrogen-bond acceptors (Lipinski definition) is 5. The molecule has 2 amide bonds. The highest BCUT2D eigenvalue weighted by Crippen LogP contribution is 2.20. The molecule has 0 bridgehead atoms. The highest BCUT2D eigenvalue weighted by Gasteiger charge is 2.26. The maximum Gasteiger partial charge on any atom is 0.288 e. The Labute approximate surface area is 116 Å². The van der Waals surface area contributed by atoms with E-state index in [4.69, 9.17) is 0 Å². The van der Waals surface area contributed by atoms with Crippen LogP contribution in [-0.4, -0.2) is 33.3 Å². The smallest absolute Gasteiger partial charge is 0.288 e. The summed E-state index contributed by atoms with van der Waals surface area (Å²) in [5.41, 5.74) is 0.727. The van der Waals surface area contributed by atoms with E-state index in [-0.39, 0.29) is 17.7 Å². The third-order valence-corrected chi connectivity index (χ3v) is 3.62. The molecule has 1 aliphatic rings. The van der Waals surface area contributed by atoms with Crippen LogP contribution in [0.5, 0.6) is 0 Å². The van der Waals surface area contributed by atoms with Crippen LogP contribution in [0.15, 0.2) is 18.2 Å². The molecule has 1 N–H and O–H groups in total. The van der Waals surface area contributed by atoms with Crippen molar-refractivity contribution in [1.82, 2.24) is 9.88 Å². The molecule has 2 heterocycles. The molecular weight excluding hydrogens is 262 g/mol. The first-order valence-electron chi connectivity index (χ1n) is 6.37. The number of imide groups is 1. The van der Waals surface area contributed by atoms with E-state index in [9.17, 15) is 9.59 Å². The number of pyridine rings is 1. The SMILES string of the molecule is CCCNc1cccc(CN2C(=O)CCSC2=O)n1. The van der Waals surface area contributed by atoms with Crippen LogP contribution in [-0.2, 0) is 11.3 Å². The van der Waals surface area contributed by atoms with Gasteiger partial charge in [0.25, 0.3) is 5.24 Å². The van der Waals surface area contributed by atoms with E-state index in [2.05, 4.69) is 17.2 Å². The van der Waals surface area contributed by atoms with E-state index < -0.39 is 0 Å². The molecule has 0 aliphatic carbocycles. The normalized spacial score (nSPS) is 15.7. The monoisotopic (exact) mass is 279 g/mol. The summed E-state index contributed by atoms with van der Waals surface area (Å²) in [5.74, 6) is 1.25. The quantitative estimate of drug-likeness (QED) is 0.897. The zero-order valence-electron chi connectivity index (χ0n) is 10.9. The largest absolute Gasteiger partial charge is 0.370 e. The maximum atomic E-state index is 11.7. The number of thioether (sulfide) groups is 1. The van der Waals surface area contributed by atoms with Crippen LogP contribution in [0.1, 0.15) is 25.5 Å². The summed E-state index contributed by atoms with van der Waals surface area (Å²) in [6, 6.07) is 5.59. The van der Waals surface area contributed by atoms with Gasteiger partial charge in [0.05, 0.1) is 12.2 Å². The number of hydrogen-bond donors (Lipinski definition) is 1. The second-order valence-corrected chi connectivity index (χ2v) is 5.33. The van der Waals surface area contributed by atoms with Gasteiger partial charge in [-0.25, -0.2) is 4.98 Å². The predicted octanol–water partition coefficient (Wildman–Crippen LogP) is 2.49.